The van der Waals surface area contributed by atoms with Gasteiger partial charge < -0.3 is 10.6 Å². The molecule has 2 N–H and O–H groups in total. The molecule has 0 fully saturated rings. The average molecular weight is 325 g/mol. The van der Waals surface area contributed by atoms with Crippen molar-refractivity contribution >= 4 is 17.3 Å². The molecule has 24 heavy (non-hydrogen) atoms. The Morgan fingerprint density at radius 3 is 2.25 bits per heavy atom. The average Bonchev–Trinajstić information content (AvgIpc) is 2.55. The second-order valence-corrected chi connectivity index (χ2v) is 6.99. The lowest BCUT2D eigenvalue weighted by molar-refractivity contribution is 0.102. The summed E-state index contributed by atoms with van der Waals surface area (Å²) in [6.45, 7) is 9.58. The van der Waals surface area contributed by atoms with Crippen LogP contribution in [0.5, 0.6) is 0 Å². The van der Waals surface area contributed by atoms with Gasteiger partial charge in [-0.1, -0.05) is 46.2 Å². The third-order valence-corrected chi connectivity index (χ3v) is 3.86. The fraction of sp³-hybridized carbons (Fsp3) is 0.400. The number of benzene rings is 1. The monoisotopic (exact) mass is 325 g/mol. The Hall–Kier alpha value is -2.36. The summed E-state index contributed by atoms with van der Waals surface area (Å²) in [7, 11) is 0. The van der Waals surface area contributed by atoms with E-state index in [9.17, 15) is 4.79 Å². The standard InChI is InChI=1S/C20H27N3O/c1-5-6-13-21-17-11-12-18(22-14-17)19(24)23-16-9-7-15(8-10-16)20(2,3)4/h7-12,14,21H,5-6,13H2,1-4H3,(H,23,24). The molecule has 0 saturated heterocycles. The lowest BCUT2D eigenvalue weighted by Gasteiger charge is -2.19. The number of hydrogen-bond acceptors (Lipinski definition) is 3. The summed E-state index contributed by atoms with van der Waals surface area (Å²) < 4.78 is 0. The van der Waals surface area contributed by atoms with Crippen LogP contribution in [0.25, 0.3) is 0 Å². The molecule has 0 atom stereocenters. The molecule has 4 heteroatoms. The molecule has 0 unspecified atom stereocenters. The van der Waals surface area contributed by atoms with Crippen LogP contribution in [0.2, 0.25) is 0 Å². The number of unbranched alkanes of at least 4 members (excludes halogenated alkanes) is 1. The first-order valence-electron chi connectivity index (χ1n) is 8.52. The van der Waals surface area contributed by atoms with E-state index in [1.165, 1.54) is 5.56 Å². The topological polar surface area (TPSA) is 54.0 Å². The molecule has 0 aliphatic heterocycles. The van der Waals surface area contributed by atoms with E-state index >= 15 is 0 Å². The van der Waals surface area contributed by atoms with Crippen LogP contribution in [0.3, 0.4) is 0 Å². The molecule has 1 heterocycles. The molecule has 0 radical (unpaired) electrons. The predicted molar refractivity (Wildman–Crippen MR) is 101 cm³/mol. The van der Waals surface area contributed by atoms with Gasteiger partial charge in [0.25, 0.3) is 5.91 Å². The maximum absolute atomic E-state index is 12.3. The van der Waals surface area contributed by atoms with Gasteiger partial charge in [0.05, 0.1) is 11.9 Å². The number of carbonyl (C=O) groups excluding carboxylic acids is 1. The lowest BCUT2D eigenvalue weighted by Crippen LogP contribution is -2.15. The van der Waals surface area contributed by atoms with E-state index in [1.807, 2.05) is 30.3 Å². The summed E-state index contributed by atoms with van der Waals surface area (Å²) in [5, 5.41) is 6.17. The van der Waals surface area contributed by atoms with Crippen LogP contribution in [0, 0.1) is 0 Å². The number of anilines is 2. The van der Waals surface area contributed by atoms with Crippen LogP contribution < -0.4 is 10.6 Å². The number of carbonyl (C=O) groups is 1. The maximum Gasteiger partial charge on any atom is 0.274 e. The van der Waals surface area contributed by atoms with E-state index in [-0.39, 0.29) is 11.3 Å². The molecule has 1 aromatic carbocycles. The first-order valence-corrected chi connectivity index (χ1v) is 8.52. The number of nitrogens with one attached hydrogen (secondary N) is 2. The van der Waals surface area contributed by atoms with Crippen LogP contribution >= 0.6 is 0 Å². The van der Waals surface area contributed by atoms with Crippen molar-refractivity contribution in [3.05, 3.63) is 53.9 Å². The molecule has 1 amide bonds. The second kappa shape index (κ2) is 7.95. The van der Waals surface area contributed by atoms with Gasteiger partial charge in [0.1, 0.15) is 5.69 Å². The van der Waals surface area contributed by atoms with Gasteiger partial charge in [-0.15, -0.1) is 0 Å². The quantitative estimate of drug-likeness (QED) is 0.747. The summed E-state index contributed by atoms with van der Waals surface area (Å²) in [5.74, 6) is -0.196. The van der Waals surface area contributed by atoms with Crippen molar-refractivity contribution in [2.45, 2.75) is 46.0 Å². The predicted octanol–water partition coefficient (Wildman–Crippen LogP) is 4.84. The van der Waals surface area contributed by atoms with E-state index in [1.54, 1.807) is 12.3 Å². The van der Waals surface area contributed by atoms with Crippen molar-refractivity contribution in [3.63, 3.8) is 0 Å². The van der Waals surface area contributed by atoms with Gasteiger partial charge in [0.15, 0.2) is 0 Å². The van der Waals surface area contributed by atoms with Gasteiger partial charge in [-0.3, -0.25) is 4.79 Å². The maximum atomic E-state index is 12.3. The van der Waals surface area contributed by atoms with Crippen LogP contribution in [-0.2, 0) is 5.41 Å². The van der Waals surface area contributed by atoms with E-state index in [0.29, 0.717) is 5.69 Å². The lowest BCUT2D eigenvalue weighted by atomic mass is 9.87. The molecular formula is C20H27N3O. The first kappa shape index (κ1) is 18.0. The fourth-order valence-electron chi connectivity index (χ4n) is 2.29. The Morgan fingerprint density at radius 2 is 1.71 bits per heavy atom. The zero-order valence-electron chi connectivity index (χ0n) is 15.0. The van der Waals surface area contributed by atoms with Gasteiger partial charge in [-0.2, -0.15) is 0 Å². The van der Waals surface area contributed by atoms with Crippen molar-refractivity contribution < 1.29 is 4.79 Å². The van der Waals surface area contributed by atoms with Crippen LogP contribution in [0.1, 0.15) is 56.6 Å². The zero-order valence-corrected chi connectivity index (χ0v) is 15.0. The zero-order chi connectivity index (χ0) is 17.6. The van der Waals surface area contributed by atoms with E-state index in [4.69, 9.17) is 0 Å². The van der Waals surface area contributed by atoms with Crippen LogP contribution in [0.15, 0.2) is 42.6 Å². The molecule has 0 bridgehead atoms. The van der Waals surface area contributed by atoms with E-state index in [0.717, 1.165) is 30.8 Å². The highest BCUT2D eigenvalue weighted by molar-refractivity contribution is 6.02. The van der Waals surface area contributed by atoms with Crippen molar-refractivity contribution in [2.75, 3.05) is 17.2 Å². The molecule has 0 aliphatic rings. The summed E-state index contributed by atoms with van der Waals surface area (Å²) in [5.41, 5.74) is 3.47. The number of hydrogen-bond donors (Lipinski definition) is 2. The Labute approximate surface area is 144 Å². The van der Waals surface area contributed by atoms with Crippen molar-refractivity contribution in [2.24, 2.45) is 0 Å². The molecule has 4 nitrogen and oxygen atoms in total. The van der Waals surface area contributed by atoms with Crippen molar-refractivity contribution in [3.8, 4) is 0 Å². The van der Waals surface area contributed by atoms with E-state index < -0.39 is 0 Å². The van der Waals surface area contributed by atoms with Gasteiger partial charge in [-0.25, -0.2) is 4.98 Å². The Morgan fingerprint density at radius 1 is 1.04 bits per heavy atom. The molecule has 2 aromatic rings. The molecule has 0 saturated carbocycles. The number of aromatic nitrogens is 1. The minimum absolute atomic E-state index is 0.102. The molecule has 0 spiro atoms. The van der Waals surface area contributed by atoms with E-state index in [2.05, 4.69) is 43.3 Å². The number of nitrogens with zero attached hydrogens (tertiary/aromatic N) is 1. The Balaban J connectivity index is 1.96. The molecule has 0 aliphatic carbocycles. The normalized spacial score (nSPS) is 11.2. The summed E-state index contributed by atoms with van der Waals surface area (Å²) in [4.78, 5) is 16.5. The fourth-order valence-corrected chi connectivity index (χ4v) is 2.29. The first-order chi connectivity index (χ1) is 11.4. The van der Waals surface area contributed by atoms with Crippen molar-refractivity contribution in [1.82, 2.24) is 4.98 Å². The smallest absolute Gasteiger partial charge is 0.274 e. The SMILES string of the molecule is CCCCNc1ccc(C(=O)Nc2ccc(C(C)(C)C)cc2)nc1. The summed E-state index contributed by atoms with van der Waals surface area (Å²) in [6, 6.07) is 11.6. The molecule has 128 valence electrons. The number of rotatable bonds is 6. The third kappa shape index (κ3) is 5.08. The number of amides is 1. The molecular weight excluding hydrogens is 298 g/mol. The van der Waals surface area contributed by atoms with Gasteiger partial charge in [-0.05, 0) is 41.7 Å². The Kier molecular flexibility index (Phi) is 5.96. The van der Waals surface area contributed by atoms with Gasteiger partial charge in [0, 0.05) is 12.2 Å². The van der Waals surface area contributed by atoms with Gasteiger partial charge in [0.2, 0.25) is 0 Å². The molecule has 1 aromatic heterocycles. The van der Waals surface area contributed by atoms with Gasteiger partial charge >= 0.3 is 0 Å². The largest absolute Gasteiger partial charge is 0.384 e. The minimum atomic E-state index is -0.196. The highest BCUT2D eigenvalue weighted by atomic mass is 16.1. The molecule has 2 rings (SSSR count). The third-order valence-electron chi connectivity index (χ3n) is 3.86. The Bertz CT molecular complexity index is 655. The van der Waals surface area contributed by atoms with Crippen LogP contribution in [0.4, 0.5) is 11.4 Å². The van der Waals surface area contributed by atoms with Crippen molar-refractivity contribution in [1.29, 1.82) is 0 Å². The highest BCUT2D eigenvalue weighted by Crippen LogP contribution is 2.23. The number of pyridine rings is 1. The summed E-state index contributed by atoms with van der Waals surface area (Å²) >= 11 is 0. The summed E-state index contributed by atoms with van der Waals surface area (Å²) in [6.07, 6.45) is 3.97. The van der Waals surface area contributed by atoms with Crippen LogP contribution in [-0.4, -0.2) is 17.4 Å². The highest BCUT2D eigenvalue weighted by Gasteiger charge is 2.13. The minimum Gasteiger partial charge on any atom is -0.384 e. The second-order valence-electron chi connectivity index (χ2n) is 6.99.